The van der Waals surface area contributed by atoms with Gasteiger partial charge in [0.05, 0.1) is 0 Å². The molecule has 5 heteroatoms. The highest BCUT2D eigenvalue weighted by Gasteiger charge is 2.13. The average Bonchev–Trinajstić information content (AvgIpc) is 2.53. The summed E-state index contributed by atoms with van der Waals surface area (Å²) in [5, 5.41) is 3.73. The molecule has 0 unspecified atom stereocenters. The van der Waals surface area contributed by atoms with Crippen LogP contribution in [-0.4, -0.2) is 14.6 Å². The van der Waals surface area contributed by atoms with Crippen molar-refractivity contribution in [2.45, 2.75) is 13.3 Å². The number of hydrogen-bond acceptors (Lipinski definition) is 2. The van der Waals surface area contributed by atoms with Gasteiger partial charge in [-0.1, -0.05) is 6.07 Å². The zero-order chi connectivity index (χ0) is 9.42. The number of pyridine rings is 1. The highest BCUT2D eigenvalue weighted by Crippen LogP contribution is 2.20. The van der Waals surface area contributed by atoms with Gasteiger partial charge in [-0.15, -0.1) is 0 Å². The van der Waals surface area contributed by atoms with Crippen LogP contribution in [0.2, 0.25) is 0 Å². The molecule has 0 aliphatic rings. The second kappa shape index (κ2) is 2.76. The van der Waals surface area contributed by atoms with E-state index >= 15 is 0 Å². The van der Waals surface area contributed by atoms with Gasteiger partial charge in [-0.25, -0.2) is 18.3 Å². The number of rotatable bonds is 1. The molecule has 0 spiro atoms. The van der Waals surface area contributed by atoms with Crippen molar-refractivity contribution in [3.05, 3.63) is 29.7 Å². The van der Waals surface area contributed by atoms with Gasteiger partial charge in [-0.2, -0.15) is 5.10 Å². The predicted molar refractivity (Wildman–Crippen MR) is 42.7 cm³/mol. The van der Waals surface area contributed by atoms with Gasteiger partial charge in [0, 0.05) is 0 Å². The first-order chi connectivity index (χ1) is 6.20. The minimum atomic E-state index is -2.52. The van der Waals surface area contributed by atoms with Crippen LogP contribution in [0.25, 0.3) is 5.65 Å². The third kappa shape index (κ3) is 1.16. The lowest BCUT2D eigenvalue weighted by Crippen LogP contribution is -1.99. The molecule has 0 aliphatic heterocycles. The molecule has 2 heterocycles. The first-order valence-electron chi connectivity index (χ1n) is 3.77. The third-order valence-electron chi connectivity index (χ3n) is 1.87. The quantitative estimate of drug-likeness (QED) is 0.676. The number of alkyl halides is 2. The van der Waals surface area contributed by atoms with Crippen LogP contribution >= 0.6 is 0 Å². The molecule has 2 aromatic heterocycles. The lowest BCUT2D eigenvalue weighted by atomic mass is 10.2. The molecule has 13 heavy (non-hydrogen) atoms. The average molecular weight is 183 g/mol. The van der Waals surface area contributed by atoms with Crippen molar-refractivity contribution in [2.75, 3.05) is 0 Å². The Labute approximate surface area is 73.0 Å². The van der Waals surface area contributed by atoms with Crippen molar-refractivity contribution in [2.24, 2.45) is 0 Å². The molecule has 3 nitrogen and oxygen atoms in total. The summed E-state index contributed by atoms with van der Waals surface area (Å²) in [4.78, 5) is 3.88. The van der Waals surface area contributed by atoms with Crippen molar-refractivity contribution in [1.29, 1.82) is 0 Å². The van der Waals surface area contributed by atoms with Gasteiger partial charge in [-0.05, 0) is 18.6 Å². The van der Waals surface area contributed by atoms with E-state index in [4.69, 9.17) is 0 Å². The number of aromatic nitrogens is 3. The fourth-order valence-electron chi connectivity index (χ4n) is 1.22. The van der Waals surface area contributed by atoms with Crippen LogP contribution in [0.1, 0.15) is 17.7 Å². The lowest BCUT2D eigenvalue weighted by molar-refractivity contribution is 0.143. The molecule has 0 amide bonds. The molecule has 0 saturated heterocycles. The standard InChI is InChI=1S/C8H7F2N3/c1-5-2-3-6(7(9)10)13-8(5)11-4-12-13/h2-4,7H,1H3. The summed E-state index contributed by atoms with van der Waals surface area (Å²) in [7, 11) is 0. The monoisotopic (exact) mass is 183 g/mol. The van der Waals surface area contributed by atoms with Crippen LogP contribution in [-0.2, 0) is 0 Å². The zero-order valence-electron chi connectivity index (χ0n) is 6.91. The fourth-order valence-corrected chi connectivity index (χ4v) is 1.22. The van der Waals surface area contributed by atoms with Crippen molar-refractivity contribution >= 4 is 5.65 Å². The highest BCUT2D eigenvalue weighted by atomic mass is 19.3. The Morgan fingerprint density at radius 3 is 2.85 bits per heavy atom. The first kappa shape index (κ1) is 8.10. The second-order valence-electron chi connectivity index (χ2n) is 2.74. The van der Waals surface area contributed by atoms with Crippen LogP contribution < -0.4 is 0 Å². The topological polar surface area (TPSA) is 30.2 Å². The summed E-state index contributed by atoms with van der Waals surface area (Å²) in [5.41, 5.74) is 1.19. The maximum absolute atomic E-state index is 12.4. The Kier molecular flexibility index (Phi) is 1.72. The van der Waals surface area contributed by atoms with Crippen molar-refractivity contribution in [3.8, 4) is 0 Å². The predicted octanol–water partition coefficient (Wildman–Crippen LogP) is 1.98. The Hall–Kier alpha value is -1.52. The summed E-state index contributed by atoms with van der Waals surface area (Å²) < 4.78 is 26.0. The van der Waals surface area contributed by atoms with E-state index in [2.05, 4.69) is 10.1 Å². The van der Waals surface area contributed by atoms with Gasteiger partial charge in [-0.3, -0.25) is 0 Å². The number of hydrogen-bond donors (Lipinski definition) is 0. The molecule has 0 N–H and O–H groups in total. The van der Waals surface area contributed by atoms with Crippen molar-refractivity contribution in [3.63, 3.8) is 0 Å². The van der Waals surface area contributed by atoms with Crippen LogP contribution in [0.5, 0.6) is 0 Å². The maximum Gasteiger partial charge on any atom is 0.280 e. The molecule has 0 aromatic carbocycles. The molecular weight excluding hydrogens is 176 g/mol. The van der Waals surface area contributed by atoms with Gasteiger partial charge >= 0.3 is 0 Å². The molecular formula is C8H7F2N3. The molecule has 68 valence electrons. The van der Waals surface area contributed by atoms with Crippen LogP contribution in [0.15, 0.2) is 18.5 Å². The van der Waals surface area contributed by atoms with E-state index in [-0.39, 0.29) is 5.69 Å². The van der Waals surface area contributed by atoms with Gasteiger partial charge < -0.3 is 0 Å². The maximum atomic E-state index is 12.4. The summed E-state index contributed by atoms with van der Waals surface area (Å²) in [5.74, 6) is 0. The summed E-state index contributed by atoms with van der Waals surface area (Å²) >= 11 is 0. The molecule has 2 rings (SSSR count). The van der Waals surface area contributed by atoms with Crippen LogP contribution in [0, 0.1) is 6.92 Å². The van der Waals surface area contributed by atoms with Gasteiger partial charge in [0.15, 0.2) is 5.65 Å². The van der Waals surface area contributed by atoms with E-state index in [1.54, 1.807) is 13.0 Å². The Bertz CT molecular complexity index is 436. The molecule has 0 fully saturated rings. The highest BCUT2D eigenvalue weighted by molar-refractivity contribution is 5.46. The lowest BCUT2D eigenvalue weighted by Gasteiger charge is -2.03. The third-order valence-corrected chi connectivity index (χ3v) is 1.87. The van der Waals surface area contributed by atoms with E-state index in [9.17, 15) is 8.78 Å². The number of nitrogens with zero attached hydrogens (tertiary/aromatic N) is 3. The zero-order valence-corrected chi connectivity index (χ0v) is 6.91. The molecule has 0 atom stereocenters. The smallest absolute Gasteiger partial charge is 0.215 e. The van der Waals surface area contributed by atoms with Gasteiger partial charge in [0.2, 0.25) is 0 Å². The van der Waals surface area contributed by atoms with E-state index in [0.29, 0.717) is 5.65 Å². The minimum Gasteiger partial charge on any atom is -0.215 e. The van der Waals surface area contributed by atoms with Crippen molar-refractivity contribution < 1.29 is 8.78 Å². The summed E-state index contributed by atoms with van der Waals surface area (Å²) in [6, 6.07) is 2.98. The SMILES string of the molecule is Cc1ccc(C(F)F)n2ncnc12. The van der Waals surface area contributed by atoms with Crippen LogP contribution in [0.3, 0.4) is 0 Å². The first-order valence-corrected chi connectivity index (χ1v) is 3.77. The Morgan fingerprint density at radius 1 is 1.38 bits per heavy atom. The van der Waals surface area contributed by atoms with E-state index in [1.165, 1.54) is 16.9 Å². The molecule has 0 saturated carbocycles. The molecule has 0 radical (unpaired) electrons. The minimum absolute atomic E-state index is 0.127. The van der Waals surface area contributed by atoms with Crippen LogP contribution in [0.4, 0.5) is 8.78 Å². The molecule has 0 aliphatic carbocycles. The number of halogens is 2. The van der Waals surface area contributed by atoms with Gasteiger partial charge in [0.25, 0.3) is 6.43 Å². The summed E-state index contributed by atoms with van der Waals surface area (Å²) in [6.07, 6.45) is -1.25. The normalized spacial score (nSPS) is 11.4. The molecule has 0 bridgehead atoms. The largest absolute Gasteiger partial charge is 0.280 e. The number of aryl methyl sites for hydroxylation is 1. The van der Waals surface area contributed by atoms with E-state index in [0.717, 1.165) is 5.56 Å². The van der Waals surface area contributed by atoms with E-state index in [1.807, 2.05) is 0 Å². The van der Waals surface area contributed by atoms with Gasteiger partial charge in [0.1, 0.15) is 12.0 Å². The second-order valence-corrected chi connectivity index (χ2v) is 2.74. The summed E-state index contributed by atoms with van der Waals surface area (Å²) in [6.45, 7) is 1.80. The molecule has 2 aromatic rings. The Morgan fingerprint density at radius 2 is 2.15 bits per heavy atom. The fraction of sp³-hybridized carbons (Fsp3) is 0.250. The van der Waals surface area contributed by atoms with Crippen molar-refractivity contribution in [1.82, 2.24) is 14.6 Å². The van der Waals surface area contributed by atoms with E-state index < -0.39 is 6.43 Å². The Balaban J connectivity index is 2.78. The number of fused-ring (bicyclic) bond motifs is 1.